The molecule has 1 aromatic rings. The maximum absolute atomic E-state index is 12.8. The van der Waals surface area contributed by atoms with Gasteiger partial charge in [0.2, 0.25) is 5.88 Å². The number of piperidine rings is 1. The number of ether oxygens (including phenoxy) is 1. The molecule has 10 heteroatoms. The monoisotopic (exact) mass is 411 g/mol. The van der Waals surface area contributed by atoms with Crippen molar-refractivity contribution in [3.8, 4) is 5.88 Å². The number of carbonyl (C=O) groups excluding carboxylic acids is 1. The van der Waals surface area contributed by atoms with Gasteiger partial charge in [-0.25, -0.2) is 13.8 Å². The molecule has 0 atom stereocenters. The van der Waals surface area contributed by atoms with Gasteiger partial charge in [-0.15, -0.1) is 12.4 Å². The summed E-state index contributed by atoms with van der Waals surface area (Å²) in [6.07, 6.45) is 0.443. The molecule has 1 amide bonds. The predicted octanol–water partition coefficient (Wildman–Crippen LogP) is 3.00. The minimum Gasteiger partial charge on any atom is -0.471 e. The molecule has 3 heterocycles. The first-order valence-corrected chi connectivity index (χ1v) is 8.56. The molecule has 2 aliphatic rings. The summed E-state index contributed by atoms with van der Waals surface area (Å²) in [6.45, 7) is 1.88. The highest BCUT2D eigenvalue weighted by atomic mass is 35.5. The Hall–Kier alpha value is -1.61. The van der Waals surface area contributed by atoms with Gasteiger partial charge in [0, 0.05) is 31.9 Å². The van der Waals surface area contributed by atoms with Crippen LogP contribution in [0.4, 0.5) is 17.6 Å². The molecule has 0 aromatic carbocycles. The summed E-state index contributed by atoms with van der Waals surface area (Å²) in [6, 6.07) is 2.65. The Labute approximate surface area is 160 Å². The van der Waals surface area contributed by atoms with E-state index in [-0.39, 0.29) is 24.2 Å². The molecule has 2 fully saturated rings. The highest BCUT2D eigenvalue weighted by molar-refractivity contribution is 5.94. The summed E-state index contributed by atoms with van der Waals surface area (Å²) in [5.74, 6) is -4.64. The number of nitrogens with one attached hydrogen (secondary N) is 1. The number of alkyl halides is 4. The van der Waals surface area contributed by atoms with Gasteiger partial charge in [-0.3, -0.25) is 4.79 Å². The third kappa shape index (κ3) is 5.01. The van der Waals surface area contributed by atoms with Crippen molar-refractivity contribution >= 4 is 18.3 Å². The second-order valence-electron chi connectivity index (χ2n) is 6.95. The summed E-state index contributed by atoms with van der Waals surface area (Å²) in [4.78, 5) is 18.1. The normalized spacial score (nSPS) is 19.2. The van der Waals surface area contributed by atoms with E-state index in [9.17, 15) is 22.4 Å². The maximum atomic E-state index is 12.8. The smallest absolute Gasteiger partial charge is 0.340 e. The summed E-state index contributed by atoms with van der Waals surface area (Å²) >= 11 is 0. The van der Waals surface area contributed by atoms with E-state index in [1.807, 2.05) is 0 Å². The van der Waals surface area contributed by atoms with Gasteiger partial charge >= 0.3 is 12.3 Å². The van der Waals surface area contributed by atoms with Crippen LogP contribution in [0.2, 0.25) is 0 Å². The first kappa shape index (κ1) is 21.7. The highest BCUT2D eigenvalue weighted by Crippen LogP contribution is 2.37. The van der Waals surface area contributed by atoms with E-state index in [0.29, 0.717) is 24.1 Å². The van der Waals surface area contributed by atoms with Crippen molar-refractivity contribution in [3.05, 3.63) is 23.9 Å². The number of likely N-dealkylation sites (tertiary alicyclic amines) is 1. The lowest BCUT2D eigenvalue weighted by Crippen LogP contribution is -2.44. The molecule has 3 rings (SSSR count). The fourth-order valence-corrected chi connectivity index (χ4v) is 3.41. The summed E-state index contributed by atoms with van der Waals surface area (Å²) in [7, 11) is 0. The Morgan fingerprint density at radius 1 is 1.30 bits per heavy atom. The fraction of sp³-hybridized carbons (Fsp3) is 0.647. The average molecular weight is 412 g/mol. The van der Waals surface area contributed by atoms with E-state index < -0.39 is 19.0 Å². The lowest BCUT2D eigenvalue weighted by molar-refractivity contribution is -0.148. The zero-order chi connectivity index (χ0) is 18.8. The maximum Gasteiger partial charge on any atom is 0.340 e. The van der Waals surface area contributed by atoms with Gasteiger partial charge in [-0.05, 0) is 37.3 Å². The molecular weight excluding hydrogens is 390 g/mol. The fourth-order valence-electron chi connectivity index (χ4n) is 3.41. The molecule has 152 valence electrons. The zero-order valence-electron chi connectivity index (χ0n) is 14.6. The Kier molecular flexibility index (Phi) is 6.91. The van der Waals surface area contributed by atoms with Gasteiger partial charge in [0.15, 0.2) is 6.61 Å². The number of hydrogen-bond acceptors (Lipinski definition) is 4. The minimum atomic E-state index is -4.24. The molecular formula is C17H22ClF4N3O2. The third-order valence-corrected chi connectivity index (χ3v) is 5.16. The first-order chi connectivity index (χ1) is 12.3. The molecule has 27 heavy (non-hydrogen) atoms. The van der Waals surface area contributed by atoms with E-state index in [4.69, 9.17) is 0 Å². The van der Waals surface area contributed by atoms with Crippen LogP contribution in [-0.4, -0.2) is 60.9 Å². The molecule has 2 aliphatic heterocycles. The second kappa shape index (κ2) is 8.60. The molecule has 1 spiro atoms. The molecule has 0 unspecified atom stereocenters. The second-order valence-corrected chi connectivity index (χ2v) is 6.95. The van der Waals surface area contributed by atoms with E-state index in [1.54, 1.807) is 4.90 Å². The van der Waals surface area contributed by atoms with Gasteiger partial charge in [0.1, 0.15) is 0 Å². The molecule has 0 saturated carbocycles. The first-order valence-electron chi connectivity index (χ1n) is 8.56. The zero-order valence-corrected chi connectivity index (χ0v) is 15.4. The largest absolute Gasteiger partial charge is 0.471 e. The number of aromatic nitrogens is 1. The van der Waals surface area contributed by atoms with Gasteiger partial charge in [-0.2, -0.15) is 8.78 Å². The number of halogens is 5. The van der Waals surface area contributed by atoms with Crippen LogP contribution < -0.4 is 10.1 Å². The highest BCUT2D eigenvalue weighted by Gasteiger charge is 2.42. The van der Waals surface area contributed by atoms with Crippen molar-refractivity contribution in [2.75, 3.05) is 32.8 Å². The summed E-state index contributed by atoms with van der Waals surface area (Å²) in [5, 5.41) is 3.37. The number of carbonyl (C=O) groups is 1. The molecule has 0 radical (unpaired) electrons. The van der Waals surface area contributed by atoms with E-state index in [0.717, 1.165) is 32.4 Å². The van der Waals surface area contributed by atoms with Crippen molar-refractivity contribution in [1.82, 2.24) is 15.2 Å². The van der Waals surface area contributed by atoms with Crippen LogP contribution in [0.5, 0.6) is 5.88 Å². The van der Waals surface area contributed by atoms with Crippen LogP contribution in [0.1, 0.15) is 29.6 Å². The Morgan fingerprint density at radius 2 is 2.00 bits per heavy atom. The molecule has 0 aliphatic carbocycles. The Morgan fingerprint density at radius 3 is 2.52 bits per heavy atom. The number of hydrogen-bond donors (Lipinski definition) is 1. The van der Waals surface area contributed by atoms with Crippen molar-refractivity contribution in [3.63, 3.8) is 0 Å². The van der Waals surface area contributed by atoms with Crippen LogP contribution in [-0.2, 0) is 0 Å². The SMILES string of the molecule is Cl.O=C(c1ccc(OCC(F)(F)C(F)F)nc1)N1CCC2(CCNC2)CC1. The van der Waals surface area contributed by atoms with Crippen LogP contribution in [0, 0.1) is 5.41 Å². The quantitative estimate of drug-likeness (QED) is 0.757. The minimum absolute atomic E-state index is 0. The van der Waals surface area contributed by atoms with E-state index in [1.165, 1.54) is 18.3 Å². The Balaban J connectivity index is 0.00000261. The van der Waals surface area contributed by atoms with Gasteiger partial charge in [-0.1, -0.05) is 0 Å². The average Bonchev–Trinajstić information content (AvgIpc) is 3.08. The molecule has 1 N–H and O–H groups in total. The topological polar surface area (TPSA) is 54.5 Å². The van der Waals surface area contributed by atoms with Crippen LogP contribution in [0.3, 0.4) is 0 Å². The van der Waals surface area contributed by atoms with Gasteiger partial charge in [0.25, 0.3) is 5.91 Å². The van der Waals surface area contributed by atoms with Gasteiger partial charge < -0.3 is 15.0 Å². The van der Waals surface area contributed by atoms with Crippen LogP contribution >= 0.6 is 12.4 Å². The third-order valence-electron chi connectivity index (χ3n) is 5.16. The molecule has 2 saturated heterocycles. The summed E-state index contributed by atoms with van der Waals surface area (Å²) in [5.41, 5.74) is 0.612. The molecule has 5 nitrogen and oxygen atoms in total. The lowest BCUT2D eigenvalue weighted by atomic mass is 9.78. The molecule has 0 bridgehead atoms. The van der Waals surface area contributed by atoms with Crippen LogP contribution in [0.15, 0.2) is 18.3 Å². The molecule has 1 aromatic heterocycles. The predicted molar refractivity (Wildman–Crippen MR) is 93.0 cm³/mol. The van der Waals surface area contributed by atoms with Crippen LogP contribution in [0.25, 0.3) is 0 Å². The van der Waals surface area contributed by atoms with Crippen molar-refractivity contribution in [1.29, 1.82) is 0 Å². The number of amides is 1. The summed E-state index contributed by atoms with van der Waals surface area (Å²) < 4.78 is 54.5. The number of nitrogens with zero attached hydrogens (tertiary/aromatic N) is 2. The number of pyridine rings is 1. The standard InChI is InChI=1S/C17H21F4N3O2.ClH/c18-15(19)17(20,21)11-26-13-2-1-12(9-23-13)14(25)24-7-4-16(5-8-24)3-6-22-10-16;/h1-2,9,15,22H,3-8,10-11H2;1H. The van der Waals surface area contributed by atoms with Crippen molar-refractivity contribution in [2.45, 2.75) is 31.6 Å². The van der Waals surface area contributed by atoms with Gasteiger partial charge in [0.05, 0.1) is 5.56 Å². The van der Waals surface area contributed by atoms with E-state index in [2.05, 4.69) is 15.0 Å². The van der Waals surface area contributed by atoms with Crippen molar-refractivity contribution < 1.29 is 27.1 Å². The lowest BCUT2D eigenvalue weighted by Gasteiger charge is -2.38. The van der Waals surface area contributed by atoms with E-state index >= 15 is 0 Å². The van der Waals surface area contributed by atoms with Crippen molar-refractivity contribution in [2.24, 2.45) is 5.41 Å². The number of rotatable bonds is 5. The Bertz CT molecular complexity index is 630.